The molecule has 0 bridgehead atoms. The van der Waals surface area contributed by atoms with Crippen molar-refractivity contribution in [2.24, 2.45) is 5.41 Å². The number of para-hydroxylation sites is 1. The Bertz CT molecular complexity index is 1350. The average Bonchev–Trinajstić information content (AvgIpc) is 3.16. The van der Waals surface area contributed by atoms with Gasteiger partial charge in [0.1, 0.15) is 11.5 Å². The van der Waals surface area contributed by atoms with Gasteiger partial charge >= 0.3 is 0 Å². The van der Waals surface area contributed by atoms with E-state index in [9.17, 15) is 9.90 Å². The van der Waals surface area contributed by atoms with Gasteiger partial charge in [0.2, 0.25) is 0 Å². The van der Waals surface area contributed by atoms with Crippen molar-refractivity contribution < 1.29 is 9.90 Å². The van der Waals surface area contributed by atoms with Gasteiger partial charge < -0.3 is 15.3 Å². The van der Waals surface area contributed by atoms with Crippen molar-refractivity contribution in [1.82, 2.24) is 30.0 Å². The standard InChI is InChI=1S/C25H27N7O2/c1-15-21(33)20(31-30-15)24(34)32-13-17(11-25(2,3)14-32)27-23-18-8-4-5-9-19(18)28-22(29-23)16-7-6-10-26-12-16/h4-10,12,17,33H,11,13-14H2,1-3H3,(H,30,31)(H,27,28,29). The summed E-state index contributed by atoms with van der Waals surface area (Å²) in [7, 11) is 0. The zero-order chi connectivity index (χ0) is 23.9. The highest BCUT2D eigenvalue weighted by Crippen LogP contribution is 2.33. The molecule has 5 rings (SSSR count). The van der Waals surface area contributed by atoms with Gasteiger partial charge in [0.25, 0.3) is 5.91 Å². The lowest BCUT2D eigenvalue weighted by molar-refractivity contribution is 0.0550. The van der Waals surface area contributed by atoms with Gasteiger partial charge in [-0.15, -0.1) is 0 Å². The highest BCUT2D eigenvalue weighted by atomic mass is 16.3. The summed E-state index contributed by atoms with van der Waals surface area (Å²) in [4.78, 5) is 28.7. The number of carbonyl (C=O) groups excluding carboxylic acids is 1. The van der Waals surface area contributed by atoms with Crippen LogP contribution < -0.4 is 5.32 Å². The zero-order valence-corrected chi connectivity index (χ0v) is 19.4. The first-order valence-corrected chi connectivity index (χ1v) is 11.3. The Morgan fingerprint density at radius 1 is 1.21 bits per heavy atom. The lowest BCUT2D eigenvalue weighted by Gasteiger charge is -2.42. The fourth-order valence-electron chi connectivity index (χ4n) is 4.63. The van der Waals surface area contributed by atoms with Gasteiger partial charge in [-0.25, -0.2) is 9.97 Å². The van der Waals surface area contributed by atoms with Gasteiger partial charge in [-0.05, 0) is 43.0 Å². The third-order valence-electron chi connectivity index (χ3n) is 6.14. The molecule has 0 aliphatic carbocycles. The van der Waals surface area contributed by atoms with Crippen LogP contribution in [0.1, 0.15) is 36.5 Å². The first-order chi connectivity index (χ1) is 16.3. The molecular weight excluding hydrogens is 430 g/mol. The molecule has 1 unspecified atom stereocenters. The van der Waals surface area contributed by atoms with Crippen molar-refractivity contribution >= 4 is 22.6 Å². The number of rotatable bonds is 4. The van der Waals surface area contributed by atoms with Crippen molar-refractivity contribution in [3.05, 3.63) is 60.2 Å². The molecule has 0 saturated carbocycles. The number of aromatic nitrogens is 5. The number of carbonyl (C=O) groups is 1. The molecule has 0 radical (unpaired) electrons. The number of aromatic hydroxyl groups is 1. The molecule has 1 aromatic carbocycles. The summed E-state index contributed by atoms with van der Waals surface area (Å²) >= 11 is 0. The quantitative estimate of drug-likeness (QED) is 0.426. The number of fused-ring (bicyclic) bond motifs is 1. The van der Waals surface area contributed by atoms with Crippen LogP contribution in [-0.2, 0) is 0 Å². The summed E-state index contributed by atoms with van der Waals surface area (Å²) in [6, 6.07) is 11.6. The van der Waals surface area contributed by atoms with Crippen molar-refractivity contribution in [3.8, 4) is 17.1 Å². The maximum atomic E-state index is 13.2. The van der Waals surface area contributed by atoms with Crippen molar-refractivity contribution in [1.29, 1.82) is 0 Å². The van der Waals surface area contributed by atoms with E-state index in [4.69, 9.17) is 9.97 Å². The normalized spacial score (nSPS) is 17.6. The van der Waals surface area contributed by atoms with E-state index < -0.39 is 0 Å². The molecular formula is C25H27N7O2. The third-order valence-corrected chi connectivity index (χ3v) is 6.14. The lowest BCUT2D eigenvalue weighted by Crippen LogP contribution is -2.52. The fourth-order valence-corrected chi connectivity index (χ4v) is 4.63. The number of amides is 1. The summed E-state index contributed by atoms with van der Waals surface area (Å²) < 4.78 is 0. The van der Waals surface area contributed by atoms with E-state index in [1.807, 2.05) is 36.4 Å². The monoisotopic (exact) mass is 457 g/mol. The highest BCUT2D eigenvalue weighted by Gasteiger charge is 2.37. The molecule has 9 heteroatoms. The summed E-state index contributed by atoms with van der Waals surface area (Å²) in [5, 5.41) is 21.4. The molecule has 1 fully saturated rings. The van der Waals surface area contributed by atoms with Gasteiger partial charge in [0, 0.05) is 42.5 Å². The molecule has 3 aromatic heterocycles. The second-order valence-electron chi connectivity index (χ2n) is 9.58. The van der Waals surface area contributed by atoms with E-state index >= 15 is 0 Å². The molecule has 0 spiro atoms. The number of hydrogen-bond donors (Lipinski definition) is 3. The minimum atomic E-state index is -0.263. The lowest BCUT2D eigenvalue weighted by atomic mass is 9.81. The van der Waals surface area contributed by atoms with E-state index in [2.05, 4.69) is 34.3 Å². The third kappa shape index (κ3) is 4.16. The Labute approximate surface area is 197 Å². The molecule has 1 saturated heterocycles. The molecule has 4 aromatic rings. The summed E-state index contributed by atoms with van der Waals surface area (Å²) in [5.41, 5.74) is 2.07. The molecule has 1 amide bonds. The van der Waals surface area contributed by atoms with Gasteiger partial charge in [0.05, 0.1) is 5.52 Å². The van der Waals surface area contributed by atoms with Crippen LogP contribution in [0.15, 0.2) is 48.8 Å². The van der Waals surface area contributed by atoms with Crippen LogP contribution in [0.4, 0.5) is 5.82 Å². The van der Waals surface area contributed by atoms with Gasteiger partial charge in [-0.2, -0.15) is 5.10 Å². The van der Waals surface area contributed by atoms with Crippen LogP contribution in [-0.4, -0.2) is 60.2 Å². The van der Waals surface area contributed by atoms with Gasteiger partial charge in [-0.1, -0.05) is 26.0 Å². The number of H-pyrrole nitrogens is 1. The molecule has 34 heavy (non-hydrogen) atoms. The zero-order valence-electron chi connectivity index (χ0n) is 19.4. The number of benzene rings is 1. The molecule has 3 N–H and O–H groups in total. The number of aromatic amines is 1. The Balaban J connectivity index is 1.48. The van der Waals surface area contributed by atoms with E-state index in [-0.39, 0.29) is 28.8 Å². The Morgan fingerprint density at radius 3 is 2.76 bits per heavy atom. The molecule has 174 valence electrons. The van der Waals surface area contributed by atoms with E-state index in [1.54, 1.807) is 24.2 Å². The number of hydrogen-bond acceptors (Lipinski definition) is 7. The Morgan fingerprint density at radius 2 is 2.03 bits per heavy atom. The number of pyridine rings is 1. The highest BCUT2D eigenvalue weighted by molar-refractivity contribution is 5.95. The first-order valence-electron chi connectivity index (χ1n) is 11.3. The summed E-state index contributed by atoms with van der Waals surface area (Å²) in [6.07, 6.45) is 4.32. The van der Waals surface area contributed by atoms with E-state index in [0.717, 1.165) is 28.7 Å². The molecule has 1 aliphatic rings. The Kier molecular flexibility index (Phi) is 5.39. The largest absolute Gasteiger partial charge is 0.504 e. The van der Waals surface area contributed by atoms with Crippen LogP contribution in [0.3, 0.4) is 0 Å². The van der Waals surface area contributed by atoms with E-state index in [0.29, 0.717) is 24.6 Å². The number of anilines is 1. The Hall–Kier alpha value is -4.01. The molecule has 9 nitrogen and oxygen atoms in total. The smallest absolute Gasteiger partial charge is 0.275 e. The predicted molar refractivity (Wildman–Crippen MR) is 129 cm³/mol. The number of nitrogens with one attached hydrogen (secondary N) is 2. The number of likely N-dealkylation sites (tertiary alicyclic amines) is 1. The van der Waals surface area contributed by atoms with Crippen LogP contribution in [0.25, 0.3) is 22.3 Å². The molecule has 4 heterocycles. The van der Waals surface area contributed by atoms with Gasteiger partial charge in [0.15, 0.2) is 17.3 Å². The van der Waals surface area contributed by atoms with Crippen LogP contribution in [0.5, 0.6) is 5.75 Å². The molecule has 1 atom stereocenters. The number of aryl methyl sites for hydroxylation is 1. The van der Waals surface area contributed by atoms with Crippen molar-refractivity contribution in [2.45, 2.75) is 33.2 Å². The first kappa shape index (κ1) is 21.8. The van der Waals surface area contributed by atoms with Crippen LogP contribution in [0.2, 0.25) is 0 Å². The number of nitrogens with zero attached hydrogens (tertiary/aromatic N) is 5. The van der Waals surface area contributed by atoms with Crippen LogP contribution >= 0.6 is 0 Å². The van der Waals surface area contributed by atoms with E-state index in [1.165, 1.54) is 0 Å². The minimum Gasteiger partial charge on any atom is -0.504 e. The van der Waals surface area contributed by atoms with Gasteiger partial charge in [-0.3, -0.25) is 14.9 Å². The number of piperidine rings is 1. The van der Waals surface area contributed by atoms with Crippen molar-refractivity contribution in [3.63, 3.8) is 0 Å². The summed E-state index contributed by atoms with van der Waals surface area (Å²) in [6.45, 7) is 6.98. The maximum Gasteiger partial charge on any atom is 0.275 e. The second-order valence-corrected chi connectivity index (χ2v) is 9.58. The fraction of sp³-hybridized carbons (Fsp3) is 0.320. The SMILES string of the molecule is Cc1n[nH]c(C(=O)N2CC(Nc3nc(-c4cccnc4)nc4ccccc34)CC(C)(C)C2)c1O. The maximum absolute atomic E-state index is 13.2. The summed E-state index contributed by atoms with van der Waals surface area (Å²) in [5.74, 6) is 0.956. The average molecular weight is 458 g/mol. The topological polar surface area (TPSA) is 120 Å². The minimum absolute atomic E-state index is 0.0427. The molecule has 1 aliphatic heterocycles. The van der Waals surface area contributed by atoms with Crippen LogP contribution in [0, 0.1) is 12.3 Å². The second kappa shape index (κ2) is 8.40. The predicted octanol–water partition coefficient (Wildman–Crippen LogP) is 3.78. The van der Waals surface area contributed by atoms with Crippen molar-refractivity contribution in [2.75, 3.05) is 18.4 Å².